The predicted octanol–water partition coefficient (Wildman–Crippen LogP) is 3.52. The van der Waals surface area contributed by atoms with Crippen LogP contribution in [0.15, 0.2) is 29.9 Å². The predicted molar refractivity (Wildman–Crippen MR) is 87.4 cm³/mol. The second-order valence-corrected chi connectivity index (χ2v) is 6.57. The van der Waals surface area contributed by atoms with Crippen molar-refractivity contribution in [2.75, 3.05) is 11.9 Å². The summed E-state index contributed by atoms with van der Waals surface area (Å²) in [5, 5.41) is 5.41. The van der Waals surface area contributed by atoms with E-state index in [9.17, 15) is 0 Å². The molecule has 2 aromatic heterocycles. The maximum Gasteiger partial charge on any atom is 0.144 e. The maximum absolute atomic E-state index is 4.55. The molecule has 2 heterocycles. The van der Waals surface area contributed by atoms with E-state index in [4.69, 9.17) is 0 Å². The molecule has 4 nitrogen and oxygen atoms in total. The average Bonchev–Trinajstić information content (AvgIpc) is 3.24. The third-order valence-corrected chi connectivity index (χ3v) is 4.49. The summed E-state index contributed by atoms with van der Waals surface area (Å²) >= 11 is 1.83. The van der Waals surface area contributed by atoms with Crippen molar-refractivity contribution in [2.24, 2.45) is 0 Å². The molecule has 1 aliphatic carbocycles. The molecule has 0 aliphatic heterocycles. The summed E-state index contributed by atoms with van der Waals surface area (Å²) in [7, 11) is 0. The van der Waals surface area contributed by atoms with Gasteiger partial charge < -0.3 is 5.32 Å². The van der Waals surface area contributed by atoms with Crippen molar-refractivity contribution in [2.45, 2.75) is 45.3 Å². The first-order valence-electron chi connectivity index (χ1n) is 7.66. The van der Waals surface area contributed by atoms with Crippen LogP contribution >= 0.6 is 11.3 Å². The van der Waals surface area contributed by atoms with Crippen LogP contribution in [0.1, 0.15) is 36.8 Å². The highest BCUT2D eigenvalue weighted by Crippen LogP contribution is 2.30. The summed E-state index contributed by atoms with van der Waals surface area (Å²) in [5.74, 6) is 0.872. The van der Waals surface area contributed by atoms with Gasteiger partial charge >= 0.3 is 0 Å². The van der Waals surface area contributed by atoms with Gasteiger partial charge in [-0.25, -0.2) is 4.98 Å². The number of aromatic nitrogens is 2. The quantitative estimate of drug-likeness (QED) is 0.810. The minimum absolute atomic E-state index is 0.729. The lowest BCUT2D eigenvalue weighted by molar-refractivity contribution is 0.244. The topological polar surface area (TPSA) is 41.1 Å². The van der Waals surface area contributed by atoms with Crippen molar-refractivity contribution < 1.29 is 0 Å². The average molecular weight is 302 g/mol. The summed E-state index contributed by atoms with van der Waals surface area (Å²) < 4.78 is 0. The Kier molecular flexibility index (Phi) is 4.83. The highest BCUT2D eigenvalue weighted by molar-refractivity contribution is 7.09. The lowest BCUT2D eigenvalue weighted by Gasteiger charge is -2.20. The normalized spacial score (nSPS) is 14.6. The third-order valence-electron chi connectivity index (χ3n) is 3.63. The highest BCUT2D eigenvalue weighted by Gasteiger charge is 2.29. The van der Waals surface area contributed by atoms with E-state index in [-0.39, 0.29) is 0 Å². The molecule has 0 bridgehead atoms. The van der Waals surface area contributed by atoms with E-state index in [0.29, 0.717) is 0 Å². The Bertz CT molecular complexity index is 534. The van der Waals surface area contributed by atoms with E-state index in [0.717, 1.165) is 43.6 Å². The summed E-state index contributed by atoms with van der Waals surface area (Å²) in [6.07, 6.45) is 7.48. The van der Waals surface area contributed by atoms with Crippen LogP contribution in [0, 0.1) is 0 Å². The van der Waals surface area contributed by atoms with Crippen LogP contribution in [-0.2, 0) is 13.1 Å². The van der Waals surface area contributed by atoms with Crippen LogP contribution in [0.4, 0.5) is 5.82 Å². The zero-order valence-corrected chi connectivity index (χ0v) is 13.3. The van der Waals surface area contributed by atoms with Gasteiger partial charge in [0, 0.05) is 30.6 Å². The Morgan fingerprint density at radius 3 is 2.81 bits per heavy atom. The van der Waals surface area contributed by atoms with Crippen molar-refractivity contribution in [3.63, 3.8) is 0 Å². The largest absolute Gasteiger partial charge is 0.369 e. The number of hydrogen-bond acceptors (Lipinski definition) is 5. The van der Waals surface area contributed by atoms with Gasteiger partial charge in [0.05, 0.1) is 18.1 Å². The van der Waals surface area contributed by atoms with Crippen molar-refractivity contribution in [3.8, 4) is 0 Å². The molecule has 0 radical (unpaired) electrons. The molecule has 2 aromatic rings. The molecule has 0 atom stereocenters. The molecule has 0 spiro atoms. The highest BCUT2D eigenvalue weighted by atomic mass is 32.1. The van der Waals surface area contributed by atoms with Crippen LogP contribution < -0.4 is 5.32 Å². The van der Waals surface area contributed by atoms with Gasteiger partial charge in [-0.3, -0.25) is 9.88 Å². The zero-order valence-electron chi connectivity index (χ0n) is 12.5. The van der Waals surface area contributed by atoms with Gasteiger partial charge in [0.15, 0.2) is 0 Å². The van der Waals surface area contributed by atoms with E-state index in [1.54, 1.807) is 0 Å². The minimum atomic E-state index is 0.729. The second-order valence-electron chi connectivity index (χ2n) is 5.54. The molecule has 0 aromatic carbocycles. The van der Waals surface area contributed by atoms with E-state index >= 15 is 0 Å². The zero-order chi connectivity index (χ0) is 14.5. The van der Waals surface area contributed by atoms with Crippen LogP contribution in [0.2, 0.25) is 0 Å². The molecule has 0 saturated heterocycles. The molecule has 3 rings (SSSR count). The number of thiophene rings is 1. The summed E-state index contributed by atoms with van der Waals surface area (Å²) in [4.78, 5) is 12.9. The SMILES string of the molecule is CCCNc1cnc(CN(Cc2cccs2)C2CC2)cn1. The molecule has 21 heavy (non-hydrogen) atoms. The van der Waals surface area contributed by atoms with Crippen LogP contribution in [0.3, 0.4) is 0 Å². The standard InChI is InChI=1S/C16H22N4S/c1-2-7-17-16-10-18-13(9-19-16)11-20(14-5-6-14)12-15-4-3-8-21-15/h3-4,8-10,14H,2,5-7,11-12H2,1H3,(H,17,19). The van der Waals surface area contributed by atoms with Gasteiger partial charge in [-0.15, -0.1) is 11.3 Å². The third kappa shape index (κ3) is 4.25. The monoisotopic (exact) mass is 302 g/mol. The molecule has 1 aliphatic rings. The molecule has 5 heteroatoms. The fourth-order valence-electron chi connectivity index (χ4n) is 2.35. The van der Waals surface area contributed by atoms with Gasteiger partial charge in [0.25, 0.3) is 0 Å². The number of nitrogens with zero attached hydrogens (tertiary/aromatic N) is 3. The fourth-order valence-corrected chi connectivity index (χ4v) is 3.07. The minimum Gasteiger partial charge on any atom is -0.369 e. The first kappa shape index (κ1) is 14.5. The molecule has 0 unspecified atom stereocenters. The van der Waals surface area contributed by atoms with Crippen molar-refractivity contribution >= 4 is 17.2 Å². The number of anilines is 1. The Hall–Kier alpha value is -1.46. The Balaban J connectivity index is 1.60. The lowest BCUT2D eigenvalue weighted by atomic mass is 10.3. The first-order valence-corrected chi connectivity index (χ1v) is 8.54. The molecule has 1 N–H and O–H groups in total. The van der Waals surface area contributed by atoms with Crippen molar-refractivity contribution in [1.82, 2.24) is 14.9 Å². The molecule has 0 amide bonds. The Morgan fingerprint density at radius 1 is 1.29 bits per heavy atom. The number of nitrogens with one attached hydrogen (secondary N) is 1. The lowest BCUT2D eigenvalue weighted by Crippen LogP contribution is -2.25. The van der Waals surface area contributed by atoms with E-state index < -0.39 is 0 Å². The Labute approximate surface area is 130 Å². The summed E-state index contributed by atoms with van der Waals surface area (Å²) in [6, 6.07) is 5.06. The van der Waals surface area contributed by atoms with Crippen molar-refractivity contribution in [1.29, 1.82) is 0 Å². The number of hydrogen-bond donors (Lipinski definition) is 1. The van der Waals surface area contributed by atoms with Gasteiger partial charge in [0.1, 0.15) is 5.82 Å². The van der Waals surface area contributed by atoms with Gasteiger partial charge in [-0.05, 0) is 30.7 Å². The Morgan fingerprint density at radius 2 is 2.19 bits per heavy atom. The summed E-state index contributed by atoms with van der Waals surface area (Å²) in [5.41, 5.74) is 1.06. The smallest absolute Gasteiger partial charge is 0.144 e. The van der Waals surface area contributed by atoms with Crippen LogP contribution in [0.5, 0.6) is 0 Å². The molecular weight excluding hydrogens is 280 g/mol. The van der Waals surface area contributed by atoms with Crippen LogP contribution in [0.25, 0.3) is 0 Å². The van der Waals surface area contributed by atoms with Gasteiger partial charge in [-0.2, -0.15) is 0 Å². The van der Waals surface area contributed by atoms with E-state index in [1.807, 2.05) is 23.7 Å². The second kappa shape index (κ2) is 7.00. The summed E-state index contributed by atoms with van der Waals surface area (Å²) in [6.45, 7) is 5.01. The first-order chi connectivity index (χ1) is 10.3. The maximum atomic E-state index is 4.55. The molecule has 112 valence electrons. The van der Waals surface area contributed by atoms with Crippen LogP contribution in [-0.4, -0.2) is 27.5 Å². The van der Waals surface area contributed by atoms with Gasteiger partial charge in [0.2, 0.25) is 0 Å². The van der Waals surface area contributed by atoms with E-state index in [2.05, 4.69) is 44.6 Å². The molecule has 1 saturated carbocycles. The molecular formula is C16H22N4S. The van der Waals surface area contributed by atoms with E-state index in [1.165, 1.54) is 17.7 Å². The fraction of sp³-hybridized carbons (Fsp3) is 0.500. The van der Waals surface area contributed by atoms with Gasteiger partial charge in [-0.1, -0.05) is 13.0 Å². The van der Waals surface area contributed by atoms with Crippen molar-refractivity contribution in [3.05, 3.63) is 40.5 Å². The number of rotatable bonds is 8. The molecule has 1 fully saturated rings.